The molecule has 7 heteroatoms. The minimum Gasteiger partial charge on any atom is -0.367 e. The minimum atomic E-state index is -1.87. The fourth-order valence-corrected chi connectivity index (χ4v) is 3.03. The summed E-state index contributed by atoms with van der Waals surface area (Å²) in [4.78, 5) is 19.0. The van der Waals surface area contributed by atoms with Gasteiger partial charge in [-0.3, -0.25) is 4.79 Å². The zero-order valence-electron chi connectivity index (χ0n) is 11.2. The molecule has 0 saturated carbocycles. The molecule has 0 spiro atoms. The summed E-state index contributed by atoms with van der Waals surface area (Å²) in [7, 11) is 0. The van der Waals surface area contributed by atoms with Crippen LogP contribution in [0.3, 0.4) is 0 Å². The van der Waals surface area contributed by atoms with E-state index in [2.05, 4.69) is 22.0 Å². The molecule has 2 aromatic rings. The van der Waals surface area contributed by atoms with E-state index in [1.54, 1.807) is 4.90 Å². The molecule has 0 bridgehead atoms. The number of H-pyrrole nitrogens is 1. The van der Waals surface area contributed by atoms with Gasteiger partial charge in [-0.1, -0.05) is 40.9 Å². The monoisotopic (exact) mass is 345 g/mol. The van der Waals surface area contributed by atoms with E-state index in [9.17, 15) is 4.79 Å². The highest BCUT2D eigenvalue weighted by atomic mass is 35.6. The highest BCUT2D eigenvalue weighted by Crippen LogP contribution is 2.30. The van der Waals surface area contributed by atoms with Crippen molar-refractivity contribution in [1.82, 2.24) is 9.88 Å². The largest absolute Gasteiger partial charge is 0.367 e. The molecular formula is C14H14Cl3N3O. The molecule has 1 amide bonds. The number of rotatable bonds is 1. The van der Waals surface area contributed by atoms with Crippen molar-refractivity contribution >= 4 is 57.3 Å². The Balaban J connectivity index is 1.74. The maximum absolute atomic E-state index is 11.9. The number of carbonyl (C=O) groups excluding carboxylic acids is 1. The number of nitrogens with zero attached hydrogens (tertiary/aromatic N) is 2. The number of aromatic amines is 1. The Bertz CT molecular complexity index is 657. The van der Waals surface area contributed by atoms with Crippen LogP contribution in [0.1, 0.15) is 0 Å². The summed E-state index contributed by atoms with van der Waals surface area (Å²) in [6, 6.07) is 8.21. The van der Waals surface area contributed by atoms with Crippen LogP contribution in [0.25, 0.3) is 10.9 Å². The lowest BCUT2D eigenvalue weighted by Crippen LogP contribution is -2.51. The molecule has 1 aromatic heterocycles. The van der Waals surface area contributed by atoms with Crippen molar-refractivity contribution in [3.05, 3.63) is 30.5 Å². The second-order valence-corrected chi connectivity index (χ2v) is 7.27. The Labute approximate surface area is 137 Å². The fourth-order valence-electron chi connectivity index (χ4n) is 2.67. The normalized spacial score (nSPS) is 16.5. The van der Waals surface area contributed by atoms with E-state index in [1.165, 1.54) is 5.39 Å². The van der Waals surface area contributed by atoms with Crippen LogP contribution in [0.4, 0.5) is 5.69 Å². The molecule has 1 fully saturated rings. The summed E-state index contributed by atoms with van der Waals surface area (Å²) in [5, 5.41) is 1.18. The van der Waals surface area contributed by atoms with Crippen molar-refractivity contribution in [1.29, 1.82) is 0 Å². The molecule has 0 radical (unpaired) electrons. The molecule has 0 atom stereocenters. The first-order chi connectivity index (χ1) is 9.97. The third-order valence-corrected chi connectivity index (χ3v) is 4.21. The predicted octanol–water partition coefficient (Wildman–Crippen LogP) is 3.19. The first-order valence-electron chi connectivity index (χ1n) is 6.64. The van der Waals surface area contributed by atoms with Crippen LogP contribution < -0.4 is 4.90 Å². The first kappa shape index (κ1) is 14.8. The summed E-state index contributed by atoms with van der Waals surface area (Å²) < 4.78 is -1.87. The number of fused-ring (bicyclic) bond motifs is 1. The lowest BCUT2D eigenvalue weighted by molar-refractivity contribution is -0.130. The van der Waals surface area contributed by atoms with Gasteiger partial charge in [-0.2, -0.15) is 0 Å². The van der Waals surface area contributed by atoms with Crippen LogP contribution in [-0.4, -0.2) is 45.8 Å². The van der Waals surface area contributed by atoms with Gasteiger partial charge in [0, 0.05) is 49.0 Å². The Morgan fingerprint density at radius 1 is 1.10 bits per heavy atom. The fraction of sp³-hybridized carbons (Fsp3) is 0.357. The number of amides is 1. The highest BCUT2D eigenvalue weighted by Gasteiger charge is 2.36. The molecule has 0 unspecified atom stereocenters. The molecule has 21 heavy (non-hydrogen) atoms. The Kier molecular flexibility index (Phi) is 3.95. The topological polar surface area (TPSA) is 39.3 Å². The number of alkyl halides is 3. The van der Waals surface area contributed by atoms with Crippen molar-refractivity contribution in [2.45, 2.75) is 3.79 Å². The van der Waals surface area contributed by atoms with E-state index in [4.69, 9.17) is 34.8 Å². The van der Waals surface area contributed by atoms with Crippen molar-refractivity contribution in [3.63, 3.8) is 0 Å². The number of piperazine rings is 1. The molecule has 1 N–H and O–H groups in total. The molecule has 0 aliphatic carbocycles. The molecule has 1 aliphatic rings. The van der Waals surface area contributed by atoms with Gasteiger partial charge in [0.2, 0.25) is 0 Å². The average Bonchev–Trinajstić information content (AvgIpc) is 2.94. The third-order valence-electron chi connectivity index (χ3n) is 3.72. The summed E-state index contributed by atoms with van der Waals surface area (Å²) >= 11 is 17.0. The molecule has 3 rings (SSSR count). The van der Waals surface area contributed by atoms with E-state index in [0.717, 1.165) is 24.3 Å². The minimum absolute atomic E-state index is 0.452. The zero-order valence-corrected chi connectivity index (χ0v) is 13.4. The van der Waals surface area contributed by atoms with E-state index < -0.39 is 9.70 Å². The van der Waals surface area contributed by atoms with Gasteiger partial charge in [-0.05, 0) is 18.2 Å². The molecule has 4 nitrogen and oxygen atoms in total. The van der Waals surface area contributed by atoms with Gasteiger partial charge < -0.3 is 14.8 Å². The van der Waals surface area contributed by atoms with E-state index >= 15 is 0 Å². The zero-order chi connectivity index (χ0) is 15.0. The number of anilines is 1. The average molecular weight is 347 g/mol. The second-order valence-electron chi connectivity index (χ2n) is 4.99. The maximum atomic E-state index is 11.9. The highest BCUT2D eigenvalue weighted by molar-refractivity contribution is 6.76. The number of nitrogens with one attached hydrogen (secondary N) is 1. The van der Waals surface area contributed by atoms with Gasteiger partial charge in [0.1, 0.15) is 0 Å². The standard InChI is InChI=1S/C14H14Cl3N3O/c15-14(16,17)13(21)20-8-6-19(7-9-20)12-3-1-2-11-10(12)4-5-18-11/h1-5,18H,6-9H2. The smallest absolute Gasteiger partial charge is 0.274 e. The van der Waals surface area contributed by atoms with Crippen LogP contribution in [0.15, 0.2) is 30.5 Å². The van der Waals surface area contributed by atoms with E-state index in [0.29, 0.717) is 13.1 Å². The number of hydrogen-bond donors (Lipinski definition) is 1. The maximum Gasteiger partial charge on any atom is 0.274 e. The van der Waals surface area contributed by atoms with Crippen LogP contribution in [0.2, 0.25) is 0 Å². The molecule has 1 aliphatic heterocycles. The second kappa shape index (κ2) is 5.59. The Morgan fingerprint density at radius 2 is 1.81 bits per heavy atom. The van der Waals surface area contributed by atoms with E-state index in [1.807, 2.05) is 18.3 Å². The quantitative estimate of drug-likeness (QED) is 0.806. The van der Waals surface area contributed by atoms with Gasteiger partial charge in [-0.15, -0.1) is 0 Å². The van der Waals surface area contributed by atoms with Crippen molar-refractivity contribution in [2.75, 3.05) is 31.1 Å². The van der Waals surface area contributed by atoms with Gasteiger partial charge in [0.25, 0.3) is 9.70 Å². The summed E-state index contributed by atoms with van der Waals surface area (Å²) in [6.45, 7) is 2.54. The van der Waals surface area contributed by atoms with E-state index in [-0.39, 0.29) is 0 Å². The third kappa shape index (κ3) is 2.93. The number of halogens is 3. The number of aromatic nitrogens is 1. The lowest BCUT2D eigenvalue weighted by Gasteiger charge is -2.37. The van der Waals surface area contributed by atoms with Gasteiger partial charge in [0.15, 0.2) is 0 Å². The van der Waals surface area contributed by atoms with Crippen molar-refractivity contribution in [2.24, 2.45) is 0 Å². The first-order valence-corrected chi connectivity index (χ1v) is 7.77. The van der Waals surface area contributed by atoms with Gasteiger partial charge >= 0.3 is 0 Å². The molecule has 112 valence electrons. The summed E-state index contributed by atoms with van der Waals surface area (Å²) in [5.41, 5.74) is 2.27. The van der Waals surface area contributed by atoms with Crippen molar-refractivity contribution in [3.8, 4) is 0 Å². The molecule has 1 saturated heterocycles. The predicted molar refractivity (Wildman–Crippen MR) is 87.4 cm³/mol. The number of carbonyl (C=O) groups is 1. The van der Waals surface area contributed by atoms with Gasteiger partial charge in [0.05, 0.1) is 0 Å². The molecular weight excluding hydrogens is 333 g/mol. The van der Waals surface area contributed by atoms with Crippen LogP contribution in [0.5, 0.6) is 0 Å². The van der Waals surface area contributed by atoms with Crippen LogP contribution in [0, 0.1) is 0 Å². The van der Waals surface area contributed by atoms with Gasteiger partial charge in [-0.25, -0.2) is 0 Å². The summed E-state index contributed by atoms with van der Waals surface area (Å²) in [5.74, 6) is -0.452. The van der Waals surface area contributed by atoms with Crippen LogP contribution in [-0.2, 0) is 4.79 Å². The van der Waals surface area contributed by atoms with Crippen molar-refractivity contribution < 1.29 is 4.79 Å². The number of benzene rings is 1. The number of hydrogen-bond acceptors (Lipinski definition) is 2. The molecule has 2 heterocycles. The molecule has 1 aromatic carbocycles. The van der Waals surface area contributed by atoms with Crippen LogP contribution >= 0.6 is 34.8 Å². The lowest BCUT2D eigenvalue weighted by atomic mass is 10.1. The summed E-state index contributed by atoms with van der Waals surface area (Å²) in [6.07, 6.45) is 1.93. The Hall–Kier alpha value is -1.10. The Morgan fingerprint density at radius 3 is 2.48 bits per heavy atom. The SMILES string of the molecule is O=C(N1CCN(c2cccc3[nH]ccc23)CC1)C(Cl)(Cl)Cl.